The fraction of sp³-hybridized carbons (Fsp3) is 0.875. The summed E-state index contributed by atoms with van der Waals surface area (Å²) < 4.78 is 0. The number of carbonyl (C=O) groups excluding carboxylic acids is 1. The van der Waals surface area contributed by atoms with Gasteiger partial charge in [0.05, 0.1) is 32.0 Å². The van der Waals surface area contributed by atoms with Crippen LogP contribution in [0.3, 0.4) is 0 Å². The molecule has 0 spiro atoms. The molecule has 0 radical (unpaired) electrons. The molecule has 1 unspecified atom stereocenters. The normalized spacial score (nSPS) is 41.9. The van der Waals surface area contributed by atoms with E-state index < -0.39 is 0 Å². The molecule has 1 fully saturated rings. The second-order valence-electron chi connectivity index (χ2n) is 3.39. The molecule has 1 aliphatic heterocycles. The van der Waals surface area contributed by atoms with Gasteiger partial charge in [0.25, 0.3) is 0 Å². The first-order valence-corrected chi connectivity index (χ1v) is 3.98. The average molecular weight is 142 g/mol. The summed E-state index contributed by atoms with van der Waals surface area (Å²) in [5.41, 5.74) is 0. The van der Waals surface area contributed by atoms with Crippen molar-refractivity contribution in [1.29, 1.82) is 0 Å². The number of piperidine rings is 1. The molecule has 0 aromatic carbocycles. The van der Waals surface area contributed by atoms with E-state index in [1.54, 1.807) is 0 Å². The van der Waals surface area contributed by atoms with Crippen LogP contribution in [0.2, 0.25) is 0 Å². The maximum atomic E-state index is 11.1. The fourth-order valence-electron chi connectivity index (χ4n) is 1.48. The van der Waals surface area contributed by atoms with E-state index in [1.807, 2.05) is 6.92 Å². The van der Waals surface area contributed by atoms with E-state index >= 15 is 0 Å². The number of hydrogen-bond donors (Lipinski definition) is 1. The standard InChI is InChI=1S/C8H15NO/c1-6-7(2)9(3)5-4-8(6)10/h6-7H,4-5H2,1-3H3/p+1/t6-,7-/m0/s1. The van der Waals surface area contributed by atoms with E-state index in [-0.39, 0.29) is 5.92 Å². The van der Waals surface area contributed by atoms with E-state index in [0.29, 0.717) is 11.8 Å². The Morgan fingerprint density at radius 3 is 2.60 bits per heavy atom. The summed E-state index contributed by atoms with van der Waals surface area (Å²) in [4.78, 5) is 12.6. The third-order valence-electron chi connectivity index (χ3n) is 2.80. The van der Waals surface area contributed by atoms with Crippen molar-refractivity contribution in [2.75, 3.05) is 13.6 Å². The summed E-state index contributed by atoms with van der Waals surface area (Å²) in [5.74, 6) is 0.715. The Hall–Kier alpha value is -0.370. The summed E-state index contributed by atoms with van der Waals surface area (Å²) in [7, 11) is 2.16. The minimum Gasteiger partial charge on any atom is -0.334 e. The molecule has 1 rings (SSSR count). The van der Waals surface area contributed by atoms with Crippen LogP contribution < -0.4 is 4.90 Å². The summed E-state index contributed by atoms with van der Waals surface area (Å²) >= 11 is 0. The molecule has 0 bridgehead atoms. The molecule has 1 aliphatic rings. The van der Waals surface area contributed by atoms with Crippen LogP contribution in [0.15, 0.2) is 0 Å². The smallest absolute Gasteiger partial charge is 0.147 e. The highest BCUT2D eigenvalue weighted by Gasteiger charge is 2.31. The molecular weight excluding hydrogens is 126 g/mol. The van der Waals surface area contributed by atoms with Crippen LogP contribution in [-0.4, -0.2) is 25.4 Å². The number of ketones is 1. The molecule has 2 heteroatoms. The molecule has 0 amide bonds. The van der Waals surface area contributed by atoms with Gasteiger partial charge in [-0.3, -0.25) is 4.79 Å². The van der Waals surface area contributed by atoms with Gasteiger partial charge in [-0.1, -0.05) is 0 Å². The van der Waals surface area contributed by atoms with Crippen LogP contribution in [0.5, 0.6) is 0 Å². The number of quaternary nitrogens is 1. The molecule has 2 nitrogen and oxygen atoms in total. The van der Waals surface area contributed by atoms with Gasteiger partial charge in [0.1, 0.15) is 5.78 Å². The topological polar surface area (TPSA) is 21.5 Å². The Balaban J connectivity index is 2.60. The summed E-state index contributed by atoms with van der Waals surface area (Å²) in [6.07, 6.45) is 0.775. The van der Waals surface area contributed by atoms with Gasteiger partial charge in [0.2, 0.25) is 0 Å². The summed E-state index contributed by atoms with van der Waals surface area (Å²) in [5, 5.41) is 0. The van der Waals surface area contributed by atoms with Crippen molar-refractivity contribution >= 4 is 5.78 Å². The molecule has 10 heavy (non-hydrogen) atoms. The van der Waals surface area contributed by atoms with Gasteiger partial charge in [-0.25, -0.2) is 0 Å². The largest absolute Gasteiger partial charge is 0.334 e. The van der Waals surface area contributed by atoms with Crippen molar-refractivity contribution in [2.45, 2.75) is 26.3 Å². The maximum absolute atomic E-state index is 11.1. The molecule has 0 aromatic heterocycles. The van der Waals surface area contributed by atoms with Crippen LogP contribution in [-0.2, 0) is 4.79 Å². The summed E-state index contributed by atoms with van der Waals surface area (Å²) in [6.45, 7) is 5.21. The van der Waals surface area contributed by atoms with Crippen molar-refractivity contribution in [2.24, 2.45) is 5.92 Å². The van der Waals surface area contributed by atoms with Crippen LogP contribution >= 0.6 is 0 Å². The van der Waals surface area contributed by atoms with E-state index in [9.17, 15) is 4.79 Å². The SMILES string of the molecule is C[C@@H]1C(=O)CC[NH+](C)[C@H]1C. The van der Waals surface area contributed by atoms with Crippen molar-refractivity contribution in [3.8, 4) is 0 Å². The Morgan fingerprint density at radius 2 is 2.10 bits per heavy atom. The zero-order chi connectivity index (χ0) is 7.72. The van der Waals surface area contributed by atoms with Gasteiger partial charge in [0.15, 0.2) is 0 Å². The first kappa shape index (κ1) is 7.73. The highest BCUT2D eigenvalue weighted by molar-refractivity contribution is 5.81. The highest BCUT2D eigenvalue weighted by atomic mass is 16.1. The number of nitrogens with one attached hydrogen (secondary N) is 1. The van der Waals surface area contributed by atoms with E-state index in [1.165, 1.54) is 4.90 Å². The highest BCUT2D eigenvalue weighted by Crippen LogP contribution is 2.06. The lowest BCUT2D eigenvalue weighted by Gasteiger charge is -2.30. The predicted octanol–water partition coefficient (Wildman–Crippen LogP) is -0.501. The molecule has 3 atom stereocenters. The maximum Gasteiger partial charge on any atom is 0.147 e. The number of Topliss-reactive ketones (excluding diaryl/α,β-unsaturated/α-hetero) is 1. The van der Waals surface area contributed by atoms with Crippen molar-refractivity contribution in [1.82, 2.24) is 0 Å². The van der Waals surface area contributed by atoms with Gasteiger partial charge in [0, 0.05) is 0 Å². The van der Waals surface area contributed by atoms with E-state index in [0.717, 1.165) is 13.0 Å². The van der Waals surface area contributed by atoms with Gasteiger partial charge in [-0.2, -0.15) is 0 Å². The summed E-state index contributed by atoms with van der Waals surface area (Å²) in [6, 6.07) is 0.515. The van der Waals surface area contributed by atoms with Gasteiger partial charge >= 0.3 is 0 Å². The molecule has 0 saturated carbocycles. The third-order valence-corrected chi connectivity index (χ3v) is 2.80. The number of rotatable bonds is 0. The van der Waals surface area contributed by atoms with Gasteiger partial charge < -0.3 is 4.90 Å². The molecule has 1 N–H and O–H groups in total. The Kier molecular flexibility index (Phi) is 2.09. The number of likely N-dealkylation sites (tertiary alicyclic amines) is 1. The molecule has 1 heterocycles. The van der Waals surface area contributed by atoms with Crippen molar-refractivity contribution < 1.29 is 9.69 Å². The van der Waals surface area contributed by atoms with Crippen LogP contribution in [0, 0.1) is 5.92 Å². The Labute approximate surface area is 62.2 Å². The molecule has 0 aliphatic carbocycles. The lowest BCUT2D eigenvalue weighted by Crippen LogP contribution is -3.14. The molecular formula is C8H16NO+. The Bertz CT molecular complexity index is 144. The van der Waals surface area contributed by atoms with Crippen LogP contribution in [0.1, 0.15) is 20.3 Å². The van der Waals surface area contributed by atoms with E-state index in [4.69, 9.17) is 0 Å². The van der Waals surface area contributed by atoms with Gasteiger partial charge in [-0.05, 0) is 13.8 Å². The van der Waals surface area contributed by atoms with Gasteiger partial charge in [-0.15, -0.1) is 0 Å². The van der Waals surface area contributed by atoms with Crippen LogP contribution in [0.25, 0.3) is 0 Å². The third kappa shape index (κ3) is 1.21. The average Bonchev–Trinajstić information content (AvgIpc) is 1.93. The second kappa shape index (κ2) is 2.70. The van der Waals surface area contributed by atoms with E-state index in [2.05, 4.69) is 14.0 Å². The molecule has 58 valence electrons. The van der Waals surface area contributed by atoms with Crippen LogP contribution in [0.4, 0.5) is 0 Å². The monoisotopic (exact) mass is 142 g/mol. The lowest BCUT2D eigenvalue weighted by atomic mass is 9.91. The molecule has 1 saturated heterocycles. The minimum absolute atomic E-state index is 0.272. The second-order valence-corrected chi connectivity index (χ2v) is 3.39. The fourth-order valence-corrected chi connectivity index (χ4v) is 1.48. The van der Waals surface area contributed by atoms with Crippen molar-refractivity contribution in [3.63, 3.8) is 0 Å². The Morgan fingerprint density at radius 1 is 1.50 bits per heavy atom. The number of carbonyl (C=O) groups is 1. The quantitative estimate of drug-likeness (QED) is 0.484. The molecule has 0 aromatic rings. The number of hydrogen-bond acceptors (Lipinski definition) is 1. The zero-order valence-electron chi connectivity index (χ0n) is 6.98. The first-order valence-electron chi connectivity index (χ1n) is 3.98. The first-order chi connectivity index (χ1) is 4.63. The predicted molar refractivity (Wildman–Crippen MR) is 40.0 cm³/mol. The zero-order valence-corrected chi connectivity index (χ0v) is 6.98. The van der Waals surface area contributed by atoms with Crippen molar-refractivity contribution in [3.05, 3.63) is 0 Å². The minimum atomic E-state index is 0.272. The lowest BCUT2D eigenvalue weighted by molar-refractivity contribution is -0.909.